The lowest BCUT2D eigenvalue weighted by atomic mass is 10.2. The quantitative estimate of drug-likeness (QED) is 0.895. The largest absolute Gasteiger partial charge is 0.369 e. The molecule has 106 valence electrons. The van der Waals surface area contributed by atoms with Crippen molar-refractivity contribution in [2.24, 2.45) is 5.73 Å². The first-order valence-corrected chi connectivity index (χ1v) is 6.56. The van der Waals surface area contributed by atoms with E-state index in [1.165, 1.54) is 0 Å². The first-order valence-electron chi connectivity index (χ1n) is 6.56. The van der Waals surface area contributed by atoms with Gasteiger partial charge >= 0.3 is 0 Å². The average Bonchev–Trinajstić information content (AvgIpc) is 2.67. The molecule has 0 spiro atoms. The van der Waals surface area contributed by atoms with Gasteiger partial charge in [0.05, 0.1) is 17.9 Å². The Morgan fingerprint density at radius 1 is 1.30 bits per heavy atom. The molecule has 5 heteroatoms. The summed E-state index contributed by atoms with van der Waals surface area (Å²) in [7, 11) is 1.88. The molecule has 0 radical (unpaired) electrons. The zero-order valence-corrected chi connectivity index (χ0v) is 12.1. The molecule has 0 unspecified atom stereocenters. The monoisotopic (exact) mass is 272 g/mol. The van der Waals surface area contributed by atoms with Crippen molar-refractivity contribution in [3.8, 4) is 5.69 Å². The molecule has 1 aromatic carbocycles. The zero-order chi connectivity index (χ0) is 14.7. The Morgan fingerprint density at radius 2 is 1.95 bits per heavy atom. The molecule has 0 aliphatic carbocycles. The predicted molar refractivity (Wildman–Crippen MR) is 78.6 cm³/mol. The molecule has 2 N–H and O–H groups in total. The number of aryl methyl sites for hydroxylation is 1. The van der Waals surface area contributed by atoms with Gasteiger partial charge in [0.25, 0.3) is 0 Å². The Morgan fingerprint density at radius 3 is 2.55 bits per heavy atom. The van der Waals surface area contributed by atoms with Crippen LogP contribution in [0.15, 0.2) is 30.3 Å². The second kappa shape index (κ2) is 5.88. The maximum Gasteiger partial charge on any atom is 0.231 e. The van der Waals surface area contributed by atoms with Gasteiger partial charge < -0.3 is 5.73 Å². The van der Waals surface area contributed by atoms with Gasteiger partial charge in [0, 0.05) is 17.8 Å². The van der Waals surface area contributed by atoms with Crippen LogP contribution in [-0.4, -0.2) is 34.2 Å². The summed E-state index contributed by atoms with van der Waals surface area (Å²) in [6.45, 7) is 4.93. The van der Waals surface area contributed by atoms with Crippen molar-refractivity contribution < 1.29 is 4.79 Å². The van der Waals surface area contributed by atoms with E-state index >= 15 is 0 Å². The number of carbonyl (C=O) groups is 1. The summed E-state index contributed by atoms with van der Waals surface area (Å²) in [6, 6.07) is 10.0. The van der Waals surface area contributed by atoms with Crippen LogP contribution >= 0.6 is 0 Å². The molecule has 0 atom stereocenters. The third kappa shape index (κ3) is 3.05. The van der Waals surface area contributed by atoms with E-state index < -0.39 is 0 Å². The normalized spacial score (nSPS) is 11.0. The Hall–Kier alpha value is -2.14. The fourth-order valence-electron chi connectivity index (χ4n) is 2.32. The van der Waals surface area contributed by atoms with Crippen LogP contribution in [-0.2, 0) is 11.3 Å². The number of para-hydroxylation sites is 1. The van der Waals surface area contributed by atoms with Gasteiger partial charge in [0.15, 0.2) is 0 Å². The Bertz CT molecular complexity index is 604. The summed E-state index contributed by atoms with van der Waals surface area (Å²) in [5.74, 6) is -0.321. The van der Waals surface area contributed by atoms with Gasteiger partial charge in [-0.2, -0.15) is 5.10 Å². The second-order valence-electron chi connectivity index (χ2n) is 5.04. The summed E-state index contributed by atoms with van der Waals surface area (Å²) in [5.41, 5.74) is 9.46. The molecule has 1 aromatic heterocycles. The van der Waals surface area contributed by atoms with E-state index in [2.05, 4.69) is 5.10 Å². The summed E-state index contributed by atoms with van der Waals surface area (Å²) in [6.07, 6.45) is 0. The maximum absolute atomic E-state index is 11.0. The van der Waals surface area contributed by atoms with E-state index in [4.69, 9.17) is 5.73 Å². The highest BCUT2D eigenvalue weighted by Crippen LogP contribution is 2.18. The van der Waals surface area contributed by atoms with Gasteiger partial charge in [-0.3, -0.25) is 9.69 Å². The Balaban J connectivity index is 2.28. The molecule has 0 bridgehead atoms. The number of hydrogen-bond donors (Lipinski definition) is 1. The fraction of sp³-hybridized carbons (Fsp3) is 0.333. The highest BCUT2D eigenvalue weighted by molar-refractivity contribution is 5.75. The molecule has 1 amide bonds. The van der Waals surface area contributed by atoms with E-state index in [0.29, 0.717) is 6.54 Å². The van der Waals surface area contributed by atoms with E-state index in [1.807, 2.05) is 60.8 Å². The molecular formula is C15H20N4O. The van der Waals surface area contributed by atoms with Gasteiger partial charge in [0.2, 0.25) is 5.91 Å². The van der Waals surface area contributed by atoms with E-state index in [9.17, 15) is 4.79 Å². The molecule has 0 aliphatic rings. The van der Waals surface area contributed by atoms with Crippen LogP contribution in [0, 0.1) is 13.8 Å². The van der Waals surface area contributed by atoms with E-state index in [0.717, 1.165) is 22.6 Å². The number of amides is 1. The lowest BCUT2D eigenvalue weighted by molar-refractivity contribution is -0.118. The number of hydrogen-bond acceptors (Lipinski definition) is 3. The van der Waals surface area contributed by atoms with Crippen molar-refractivity contribution in [3.05, 3.63) is 47.3 Å². The minimum atomic E-state index is -0.321. The van der Waals surface area contributed by atoms with Gasteiger partial charge in [-0.05, 0) is 33.0 Å². The minimum Gasteiger partial charge on any atom is -0.369 e. The minimum absolute atomic E-state index is 0.245. The number of aromatic nitrogens is 2. The molecule has 0 saturated carbocycles. The third-order valence-electron chi connectivity index (χ3n) is 3.30. The van der Waals surface area contributed by atoms with Crippen LogP contribution in [0.4, 0.5) is 0 Å². The SMILES string of the molecule is Cc1nn(-c2ccccc2)c(C)c1CN(C)CC(N)=O. The number of nitrogens with two attached hydrogens (primary N) is 1. The second-order valence-corrected chi connectivity index (χ2v) is 5.04. The topological polar surface area (TPSA) is 64.2 Å². The highest BCUT2D eigenvalue weighted by Gasteiger charge is 2.15. The first kappa shape index (κ1) is 14.3. The number of rotatable bonds is 5. The molecule has 0 aliphatic heterocycles. The van der Waals surface area contributed by atoms with Crippen LogP contribution in [0.3, 0.4) is 0 Å². The standard InChI is InChI=1S/C15H20N4O/c1-11-14(9-18(3)10-15(16)20)12(2)19(17-11)13-7-5-4-6-8-13/h4-8H,9-10H2,1-3H3,(H2,16,20). The number of likely N-dealkylation sites (N-methyl/N-ethyl adjacent to an activating group) is 1. The number of nitrogens with zero attached hydrogens (tertiary/aromatic N) is 3. The van der Waals surface area contributed by atoms with E-state index in [-0.39, 0.29) is 12.5 Å². The van der Waals surface area contributed by atoms with Gasteiger partial charge in [-0.25, -0.2) is 4.68 Å². The van der Waals surface area contributed by atoms with Crippen molar-refractivity contribution in [3.63, 3.8) is 0 Å². The third-order valence-corrected chi connectivity index (χ3v) is 3.30. The molecular weight excluding hydrogens is 252 g/mol. The highest BCUT2D eigenvalue weighted by atomic mass is 16.1. The van der Waals surface area contributed by atoms with Crippen molar-refractivity contribution in [1.82, 2.24) is 14.7 Å². The zero-order valence-electron chi connectivity index (χ0n) is 12.1. The van der Waals surface area contributed by atoms with Gasteiger partial charge in [-0.15, -0.1) is 0 Å². The van der Waals surface area contributed by atoms with Crippen LogP contribution in [0.2, 0.25) is 0 Å². The maximum atomic E-state index is 11.0. The first-order chi connectivity index (χ1) is 9.49. The lowest BCUT2D eigenvalue weighted by Crippen LogP contribution is -2.30. The van der Waals surface area contributed by atoms with Gasteiger partial charge in [0.1, 0.15) is 0 Å². The number of benzene rings is 1. The van der Waals surface area contributed by atoms with Crippen molar-refractivity contribution in [1.29, 1.82) is 0 Å². The molecule has 5 nitrogen and oxygen atoms in total. The Kier molecular flexibility index (Phi) is 4.20. The molecule has 2 rings (SSSR count). The lowest BCUT2D eigenvalue weighted by Gasteiger charge is -2.14. The smallest absolute Gasteiger partial charge is 0.231 e. The Labute approximate surface area is 119 Å². The molecule has 0 saturated heterocycles. The summed E-state index contributed by atoms with van der Waals surface area (Å²) in [5, 5.41) is 4.59. The molecule has 20 heavy (non-hydrogen) atoms. The van der Waals surface area contributed by atoms with Crippen molar-refractivity contribution in [2.45, 2.75) is 20.4 Å². The van der Waals surface area contributed by atoms with Crippen molar-refractivity contribution >= 4 is 5.91 Å². The van der Waals surface area contributed by atoms with Crippen LogP contribution in [0.25, 0.3) is 5.69 Å². The molecule has 0 fully saturated rings. The molecule has 1 heterocycles. The van der Waals surface area contributed by atoms with Crippen LogP contribution in [0.1, 0.15) is 17.0 Å². The summed E-state index contributed by atoms with van der Waals surface area (Å²) >= 11 is 0. The predicted octanol–water partition coefficient (Wildman–Crippen LogP) is 1.41. The van der Waals surface area contributed by atoms with Crippen LogP contribution < -0.4 is 5.73 Å². The average molecular weight is 272 g/mol. The van der Waals surface area contributed by atoms with Gasteiger partial charge in [-0.1, -0.05) is 18.2 Å². The van der Waals surface area contributed by atoms with E-state index in [1.54, 1.807) is 0 Å². The summed E-state index contributed by atoms with van der Waals surface area (Å²) in [4.78, 5) is 12.9. The fourth-order valence-corrected chi connectivity index (χ4v) is 2.32. The summed E-state index contributed by atoms with van der Waals surface area (Å²) < 4.78 is 1.93. The van der Waals surface area contributed by atoms with Crippen LogP contribution in [0.5, 0.6) is 0 Å². The molecule has 2 aromatic rings. The number of primary amides is 1. The number of carbonyl (C=O) groups excluding carboxylic acids is 1. The van der Waals surface area contributed by atoms with Crippen molar-refractivity contribution in [2.75, 3.05) is 13.6 Å².